The van der Waals surface area contributed by atoms with E-state index in [1.165, 1.54) is 17.7 Å². The number of anilines is 1. The SMILES string of the molecule is CN=C(N)NOCCNC(=O)Cn1c(C)ccc(NS(=O)(=O)Cc2ccccc2)c1=O.O=CC(F)(F)F. The average Bonchev–Trinajstić information content (AvgIpc) is 2.83. The van der Waals surface area contributed by atoms with Crippen molar-refractivity contribution in [1.82, 2.24) is 15.4 Å². The van der Waals surface area contributed by atoms with Crippen LogP contribution in [0.2, 0.25) is 0 Å². The molecule has 1 aromatic carbocycles. The van der Waals surface area contributed by atoms with E-state index in [2.05, 4.69) is 20.5 Å². The number of hydrogen-bond acceptors (Lipinski definition) is 7. The Morgan fingerprint density at radius 2 is 1.81 bits per heavy atom. The van der Waals surface area contributed by atoms with E-state index in [1.807, 2.05) is 0 Å². The maximum Gasteiger partial charge on any atom is 0.446 e. The first kappa shape index (κ1) is 31.1. The van der Waals surface area contributed by atoms with Gasteiger partial charge in [-0.2, -0.15) is 13.2 Å². The van der Waals surface area contributed by atoms with Crippen molar-refractivity contribution in [2.45, 2.75) is 25.4 Å². The number of sulfonamides is 1. The molecule has 5 N–H and O–H groups in total. The number of nitrogens with zero attached hydrogens (tertiary/aromatic N) is 2. The maximum atomic E-state index is 12.7. The van der Waals surface area contributed by atoms with E-state index in [0.717, 1.165) is 0 Å². The molecule has 0 saturated heterocycles. The minimum absolute atomic E-state index is 0.0973. The number of nitrogens with two attached hydrogens (primary N) is 1. The molecule has 0 fully saturated rings. The molecule has 204 valence electrons. The predicted octanol–water partition coefficient (Wildman–Crippen LogP) is 0.428. The summed E-state index contributed by atoms with van der Waals surface area (Å²) in [5.74, 6) is -0.613. The number of hydrogen-bond donors (Lipinski definition) is 4. The quantitative estimate of drug-likeness (QED) is 0.109. The molecular weight excluding hydrogens is 521 g/mol. The normalized spacial score (nSPS) is 11.6. The molecule has 0 unspecified atom stereocenters. The number of aliphatic imine (C=N–C) groups is 1. The molecule has 37 heavy (non-hydrogen) atoms. The van der Waals surface area contributed by atoms with Crippen molar-refractivity contribution in [3.63, 3.8) is 0 Å². The zero-order valence-corrected chi connectivity index (χ0v) is 20.7. The van der Waals surface area contributed by atoms with E-state index >= 15 is 0 Å². The Labute approximate surface area is 210 Å². The lowest BCUT2D eigenvalue weighted by Gasteiger charge is -2.14. The fourth-order valence-electron chi connectivity index (χ4n) is 2.55. The summed E-state index contributed by atoms with van der Waals surface area (Å²) in [6, 6.07) is 11.6. The van der Waals surface area contributed by atoms with Crippen LogP contribution in [0.5, 0.6) is 0 Å². The van der Waals surface area contributed by atoms with Gasteiger partial charge in [-0.1, -0.05) is 30.3 Å². The number of amides is 1. The summed E-state index contributed by atoms with van der Waals surface area (Å²) < 4.78 is 59.6. The monoisotopic (exact) mass is 548 g/mol. The summed E-state index contributed by atoms with van der Waals surface area (Å²) in [4.78, 5) is 42.2. The number of hydroxylamine groups is 1. The molecule has 0 aliphatic rings. The molecule has 2 aromatic rings. The standard InChI is InChI=1S/C19H26N6O5S.C2HF3O/c1-14-8-9-16(24-31(28,29)13-15-6-4-3-5-7-15)18(27)25(14)12-17(26)22-10-11-30-23-19(20)21-2;3-2(4,5)1-6/h3-9,24H,10-13H2,1-2H3,(H,22,26)(H3,20,21,23);1H. The fraction of sp³-hybridized carbons (Fsp3) is 0.333. The van der Waals surface area contributed by atoms with E-state index in [0.29, 0.717) is 11.3 Å². The van der Waals surface area contributed by atoms with Crippen LogP contribution < -0.4 is 26.8 Å². The molecule has 2 rings (SSSR count). The molecule has 1 aromatic heterocycles. The molecular formula is C21H27F3N6O6S. The van der Waals surface area contributed by atoms with Crippen molar-refractivity contribution in [2.24, 2.45) is 10.7 Å². The Morgan fingerprint density at radius 3 is 2.38 bits per heavy atom. The van der Waals surface area contributed by atoms with Crippen LogP contribution in [0, 0.1) is 6.92 Å². The van der Waals surface area contributed by atoms with Crippen molar-refractivity contribution in [3.05, 3.63) is 64.1 Å². The van der Waals surface area contributed by atoms with Gasteiger partial charge in [-0.25, -0.2) is 13.9 Å². The number of aromatic nitrogens is 1. The zero-order chi connectivity index (χ0) is 28.1. The summed E-state index contributed by atoms with van der Waals surface area (Å²) in [6.45, 7) is 1.66. The van der Waals surface area contributed by atoms with Crippen LogP contribution in [-0.4, -0.2) is 57.5 Å². The van der Waals surface area contributed by atoms with Crippen molar-refractivity contribution in [1.29, 1.82) is 0 Å². The van der Waals surface area contributed by atoms with Crippen molar-refractivity contribution < 1.29 is 36.0 Å². The number of nitrogens with one attached hydrogen (secondary N) is 3. The Balaban J connectivity index is 0.00000102. The highest BCUT2D eigenvalue weighted by molar-refractivity contribution is 7.91. The van der Waals surface area contributed by atoms with Crippen molar-refractivity contribution >= 4 is 33.9 Å². The summed E-state index contributed by atoms with van der Waals surface area (Å²) in [7, 11) is -2.32. The number of aldehydes is 1. The number of guanidine groups is 1. The maximum absolute atomic E-state index is 12.7. The lowest BCUT2D eigenvalue weighted by Crippen LogP contribution is -2.38. The highest BCUT2D eigenvalue weighted by Crippen LogP contribution is 2.11. The fourth-order valence-corrected chi connectivity index (χ4v) is 3.75. The van der Waals surface area contributed by atoms with E-state index in [9.17, 15) is 31.2 Å². The molecule has 0 spiro atoms. The summed E-state index contributed by atoms with van der Waals surface area (Å²) in [6.07, 6.45) is -5.70. The molecule has 0 aliphatic heterocycles. The third-order valence-corrected chi connectivity index (χ3v) is 5.48. The average molecular weight is 549 g/mol. The smallest absolute Gasteiger partial charge is 0.368 e. The van der Waals surface area contributed by atoms with E-state index in [4.69, 9.17) is 15.4 Å². The second kappa shape index (κ2) is 14.6. The largest absolute Gasteiger partial charge is 0.446 e. The molecule has 16 heteroatoms. The molecule has 0 saturated carbocycles. The van der Waals surface area contributed by atoms with Crippen molar-refractivity contribution in [3.8, 4) is 0 Å². The first-order valence-corrected chi connectivity index (χ1v) is 12.1. The Morgan fingerprint density at radius 1 is 1.19 bits per heavy atom. The molecule has 0 atom stereocenters. The number of carbonyl (C=O) groups is 2. The van der Waals surface area contributed by atoms with Crippen LogP contribution >= 0.6 is 0 Å². The highest BCUT2D eigenvalue weighted by Gasteiger charge is 2.25. The van der Waals surface area contributed by atoms with Gasteiger partial charge in [-0.05, 0) is 24.6 Å². The molecule has 0 radical (unpaired) electrons. The lowest BCUT2D eigenvalue weighted by molar-refractivity contribution is -0.156. The summed E-state index contributed by atoms with van der Waals surface area (Å²) in [5.41, 5.74) is 8.12. The summed E-state index contributed by atoms with van der Waals surface area (Å²) >= 11 is 0. The molecule has 0 bridgehead atoms. The molecule has 1 heterocycles. The zero-order valence-electron chi connectivity index (χ0n) is 19.9. The van der Waals surface area contributed by atoms with Gasteiger partial charge in [0.1, 0.15) is 12.2 Å². The number of alkyl halides is 3. The number of pyridine rings is 1. The number of aryl methyl sites for hydroxylation is 1. The van der Waals surface area contributed by atoms with Crippen LogP contribution in [0.4, 0.5) is 18.9 Å². The van der Waals surface area contributed by atoms with Gasteiger partial charge in [0.15, 0.2) is 0 Å². The third-order valence-electron chi connectivity index (χ3n) is 4.24. The molecule has 0 aliphatic carbocycles. The van der Waals surface area contributed by atoms with E-state index < -0.39 is 34.0 Å². The number of rotatable bonds is 10. The second-order valence-electron chi connectivity index (χ2n) is 7.20. The number of carbonyl (C=O) groups excluding carboxylic acids is 2. The van der Waals surface area contributed by atoms with Crippen LogP contribution in [0.1, 0.15) is 11.3 Å². The first-order chi connectivity index (χ1) is 17.3. The van der Waals surface area contributed by atoms with Gasteiger partial charge in [-0.15, -0.1) is 0 Å². The Hall–Kier alpha value is -3.92. The topological polar surface area (TPSA) is 174 Å². The van der Waals surface area contributed by atoms with Gasteiger partial charge in [-0.3, -0.25) is 28.9 Å². The summed E-state index contributed by atoms with van der Waals surface area (Å²) in [5, 5.41) is 2.59. The minimum Gasteiger partial charge on any atom is -0.368 e. The Kier molecular flexibility index (Phi) is 12.3. The van der Waals surface area contributed by atoms with Crippen LogP contribution in [0.15, 0.2) is 52.3 Å². The molecule has 12 nitrogen and oxygen atoms in total. The minimum atomic E-state index is -4.64. The van der Waals surface area contributed by atoms with Gasteiger partial charge in [0, 0.05) is 19.3 Å². The van der Waals surface area contributed by atoms with E-state index in [1.54, 1.807) is 43.3 Å². The van der Waals surface area contributed by atoms with E-state index in [-0.39, 0.29) is 37.1 Å². The van der Waals surface area contributed by atoms with Gasteiger partial charge < -0.3 is 15.6 Å². The predicted molar refractivity (Wildman–Crippen MR) is 130 cm³/mol. The first-order valence-electron chi connectivity index (χ1n) is 10.4. The van der Waals surface area contributed by atoms with Crippen LogP contribution in [-0.2, 0) is 36.7 Å². The van der Waals surface area contributed by atoms with Crippen LogP contribution in [0.25, 0.3) is 0 Å². The third kappa shape index (κ3) is 12.6. The van der Waals surface area contributed by atoms with Gasteiger partial charge in [0.2, 0.25) is 28.2 Å². The highest BCUT2D eigenvalue weighted by atomic mass is 32.2. The number of halogens is 3. The van der Waals surface area contributed by atoms with Crippen molar-refractivity contribution in [2.75, 3.05) is 24.9 Å². The number of benzene rings is 1. The van der Waals surface area contributed by atoms with Crippen LogP contribution in [0.3, 0.4) is 0 Å². The lowest BCUT2D eigenvalue weighted by atomic mass is 10.2. The molecule has 1 amide bonds. The second-order valence-corrected chi connectivity index (χ2v) is 8.92. The van der Waals surface area contributed by atoms with Gasteiger partial charge in [0.05, 0.1) is 12.4 Å². The van der Waals surface area contributed by atoms with Gasteiger partial charge in [0.25, 0.3) is 5.56 Å². The van der Waals surface area contributed by atoms with Gasteiger partial charge >= 0.3 is 6.18 Å². The Bertz CT molecular complexity index is 1230.